The van der Waals surface area contributed by atoms with Crippen molar-refractivity contribution in [1.29, 1.82) is 0 Å². The van der Waals surface area contributed by atoms with Gasteiger partial charge in [0.25, 0.3) is 6.71 Å². The molecule has 45 heavy (non-hydrogen) atoms. The molecule has 0 bridgehead atoms. The molecule has 0 atom stereocenters. The average molecular weight is 579 g/mol. The molecule has 2 aliphatic rings. The summed E-state index contributed by atoms with van der Waals surface area (Å²) in [7, 11) is 0. The Hall–Kier alpha value is -5.28. The number of rotatable bonds is 2. The van der Waals surface area contributed by atoms with Crippen LogP contribution in [0.1, 0.15) is 26.3 Å². The van der Waals surface area contributed by atoms with Crippen LogP contribution in [-0.4, -0.2) is 6.71 Å². The Labute approximate surface area is 264 Å². The van der Waals surface area contributed by atoms with E-state index in [-0.39, 0.29) is 12.1 Å². The van der Waals surface area contributed by atoms with E-state index in [4.69, 9.17) is 9.47 Å². The highest BCUT2D eigenvalue weighted by atomic mass is 16.5. The largest absolute Gasteiger partial charge is 0.458 e. The second-order valence-corrected chi connectivity index (χ2v) is 13.3. The highest BCUT2D eigenvalue weighted by Crippen LogP contribution is 2.45. The first-order chi connectivity index (χ1) is 22.0. The molecule has 0 unspecified atom stereocenters. The lowest BCUT2D eigenvalue weighted by Crippen LogP contribution is -2.57. The second kappa shape index (κ2) is 9.61. The summed E-state index contributed by atoms with van der Waals surface area (Å²) in [5.41, 5.74) is 9.49. The minimum absolute atomic E-state index is 0.0423. The van der Waals surface area contributed by atoms with Crippen LogP contribution in [0, 0.1) is 0 Å². The van der Waals surface area contributed by atoms with Crippen molar-refractivity contribution in [3.63, 3.8) is 0 Å². The molecule has 0 saturated carbocycles. The number of hydrogen-bond acceptors (Lipinski definition) is 2. The van der Waals surface area contributed by atoms with E-state index in [1.54, 1.807) is 0 Å². The van der Waals surface area contributed by atoms with Crippen molar-refractivity contribution in [3.8, 4) is 45.3 Å². The summed E-state index contributed by atoms with van der Waals surface area (Å²) in [4.78, 5) is 0. The van der Waals surface area contributed by atoms with Crippen molar-refractivity contribution in [2.24, 2.45) is 0 Å². The molecule has 2 aliphatic heterocycles. The van der Waals surface area contributed by atoms with E-state index in [1.807, 2.05) is 0 Å². The molecular weight excluding hydrogens is 547 g/mol. The minimum Gasteiger partial charge on any atom is -0.458 e. The van der Waals surface area contributed by atoms with Gasteiger partial charge in [0.1, 0.15) is 23.0 Å². The molecule has 0 fully saturated rings. The third-order valence-corrected chi connectivity index (χ3v) is 9.54. The third-order valence-electron chi connectivity index (χ3n) is 9.54. The molecule has 0 spiro atoms. The van der Waals surface area contributed by atoms with Gasteiger partial charge in [-0.05, 0) is 90.0 Å². The number of ether oxygens (including phenoxy) is 2. The molecule has 2 nitrogen and oxygen atoms in total. The van der Waals surface area contributed by atoms with Crippen LogP contribution in [0.5, 0.6) is 23.0 Å². The molecule has 9 rings (SSSR count). The summed E-state index contributed by atoms with van der Waals surface area (Å²) < 4.78 is 13.4. The maximum Gasteiger partial charge on any atom is 0.260 e. The van der Waals surface area contributed by atoms with E-state index >= 15 is 0 Å². The van der Waals surface area contributed by atoms with Crippen LogP contribution in [-0.2, 0) is 5.41 Å². The van der Waals surface area contributed by atoms with Gasteiger partial charge in [-0.15, -0.1) is 0 Å². The average Bonchev–Trinajstić information content (AvgIpc) is 3.06. The molecule has 0 N–H and O–H groups in total. The molecule has 7 aromatic rings. The van der Waals surface area contributed by atoms with Gasteiger partial charge in [0.15, 0.2) is 0 Å². The van der Waals surface area contributed by atoms with Crippen molar-refractivity contribution in [1.82, 2.24) is 0 Å². The molecule has 7 aromatic carbocycles. The first-order valence-corrected chi connectivity index (χ1v) is 15.7. The van der Waals surface area contributed by atoms with Gasteiger partial charge in [-0.25, -0.2) is 0 Å². The molecule has 0 amide bonds. The summed E-state index contributed by atoms with van der Waals surface area (Å²) in [6, 6.07) is 48.0. The fourth-order valence-corrected chi connectivity index (χ4v) is 7.39. The lowest BCUT2D eigenvalue weighted by molar-refractivity contribution is 0.458. The van der Waals surface area contributed by atoms with Crippen LogP contribution in [0.25, 0.3) is 43.8 Å². The number of para-hydroxylation sites is 1. The SMILES string of the molecule is CC(C)(C)c1cc2c3c(c1)Oc1cc(-c4c5ccccc5c(-c5ccccc5)c5ccccc45)ccc1B3c1ccccc1O2. The third kappa shape index (κ3) is 3.97. The van der Waals surface area contributed by atoms with Gasteiger partial charge in [0.05, 0.1) is 0 Å². The van der Waals surface area contributed by atoms with Gasteiger partial charge in [0.2, 0.25) is 0 Å². The summed E-state index contributed by atoms with van der Waals surface area (Å²) in [6.45, 7) is 6.75. The highest BCUT2D eigenvalue weighted by molar-refractivity contribution is 6.98. The summed E-state index contributed by atoms with van der Waals surface area (Å²) in [5, 5.41) is 4.97. The van der Waals surface area contributed by atoms with Gasteiger partial charge < -0.3 is 9.47 Å². The molecule has 2 heterocycles. The minimum atomic E-state index is -0.0504. The van der Waals surface area contributed by atoms with Crippen molar-refractivity contribution < 1.29 is 9.47 Å². The Bertz CT molecular complexity index is 2260. The van der Waals surface area contributed by atoms with E-state index in [0.717, 1.165) is 34.0 Å². The monoisotopic (exact) mass is 578 g/mol. The zero-order valence-electron chi connectivity index (χ0n) is 25.6. The number of fused-ring (bicyclic) bond motifs is 6. The van der Waals surface area contributed by atoms with Crippen molar-refractivity contribution in [2.75, 3.05) is 0 Å². The Morgan fingerprint density at radius 1 is 0.444 bits per heavy atom. The quantitative estimate of drug-likeness (QED) is 0.150. The predicted octanol–water partition coefficient (Wildman–Crippen LogP) is 9.35. The van der Waals surface area contributed by atoms with Gasteiger partial charge in [0, 0.05) is 5.46 Å². The molecule has 0 radical (unpaired) electrons. The fraction of sp³-hybridized carbons (Fsp3) is 0.0952. The van der Waals surface area contributed by atoms with Gasteiger partial charge in [-0.3, -0.25) is 0 Å². The molecule has 0 aromatic heterocycles. The summed E-state index contributed by atoms with van der Waals surface area (Å²) in [5.74, 6) is 3.59. The molecule has 3 heteroatoms. The number of hydrogen-bond donors (Lipinski definition) is 0. The van der Waals surface area contributed by atoms with Crippen LogP contribution >= 0.6 is 0 Å². The van der Waals surface area contributed by atoms with Gasteiger partial charge >= 0.3 is 0 Å². The maximum atomic E-state index is 6.87. The van der Waals surface area contributed by atoms with Crippen LogP contribution in [0.3, 0.4) is 0 Å². The Morgan fingerprint density at radius 3 is 1.58 bits per heavy atom. The number of benzene rings is 7. The van der Waals surface area contributed by atoms with E-state index in [1.165, 1.54) is 54.7 Å². The second-order valence-electron chi connectivity index (χ2n) is 13.3. The molecular formula is C42H31BO2. The first-order valence-electron chi connectivity index (χ1n) is 15.7. The summed E-state index contributed by atoms with van der Waals surface area (Å²) >= 11 is 0. The maximum absolute atomic E-state index is 6.87. The zero-order valence-corrected chi connectivity index (χ0v) is 25.6. The van der Waals surface area contributed by atoms with Crippen molar-refractivity contribution in [3.05, 3.63) is 139 Å². The fourth-order valence-electron chi connectivity index (χ4n) is 7.39. The van der Waals surface area contributed by atoms with E-state index in [9.17, 15) is 0 Å². The molecule has 0 aliphatic carbocycles. The first kappa shape index (κ1) is 26.2. The van der Waals surface area contributed by atoms with Crippen LogP contribution in [0.2, 0.25) is 0 Å². The van der Waals surface area contributed by atoms with Crippen LogP contribution in [0.4, 0.5) is 0 Å². The molecule has 214 valence electrons. The standard InChI is InChI=1S/C42H31BO2/c1-42(2,3)28-24-37-41-38(25-28)45-36-23-27(21-22-34(36)43(41)33-19-11-12-20-35(33)44-37)40-31-17-9-7-15-29(31)39(26-13-5-4-6-14-26)30-16-8-10-18-32(30)40/h4-25H,1-3H3. The van der Waals surface area contributed by atoms with Gasteiger partial charge in [-0.1, -0.05) is 130 Å². The lowest BCUT2D eigenvalue weighted by Gasteiger charge is -2.34. The predicted molar refractivity (Wildman–Crippen MR) is 189 cm³/mol. The Morgan fingerprint density at radius 2 is 0.956 bits per heavy atom. The van der Waals surface area contributed by atoms with Gasteiger partial charge in [-0.2, -0.15) is 0 Å². The van der Waals surface area contributed by atoms with E-state index in [0.29, 0.717) is 0 Å². The van der Waals surface area contributed by atoms with E-state index < -0.39 is 0 Å². The topological polar surface area (TPSA) is 18.5 Å². The Kier molecular flexibility index (Phi) is 5.59. The molecule has 0 saturated heterocycles. The zero-order chi connectivity index (χ0) is 30.3. The van der Waals surface area contributed by atoms with Crippen molar-refractivity contribution >= 4 is 44.6 Å². The van der Waals surface area contributed by atoms with Crippen molar-refractivity contribution in [2.45, 2.75) is 26.2 Å². The normalized spacial score (nSPS) is 13.1. The Balaban J connectivity index is 1.30. The lowest BCUT2D eigenvalue weighted by atomic mass is 9.34. The highest BCUT2D eigenvalue weighted by Gasteiger charge is 2.41. The van der Waals surface area contributed by atoms with Crippen LogP contribution < -0.4 is 25.9 Å². The smallest absolute Gasteiger partial charge is 0.260 e. The summed E-state index contributed by atoms with van der Waals surface area (Å²) in [6.07, 6.45) is 0. The van der Waals surface area contributed by atoms with Crippen LogP contribution in [0.15, 0.2) is 133 Å². The van der Waals surface area contributed by atoms with E-state index in [2.05, 4.69) is 154 Å².